The van der Waals surface area contributed by atoms with Crippen molar-refractivity contribution in [2.75, 3.05) is 0 Å². The summed E-state index contributed by atoms with van der Waals surface area (Å²) in [5.74, 6) is 0.844. The third-order valence-electron chi connectivity index (χ3n) is 3.01. The molecule has 3 heteroatoms. The van der Waals surface area contributed by atoms with Gasteiger partial charge in [0.2, 0.25) is 0 Å². The first-order chi connectivity index (χ1) is 7.61. The number of pyridine rings is 1. The Kier molecular flexibility index (Phi) is 3.26. The Hall–Kier alpha value is -0.930. The van der Waals surface area contributed by atoms with E-state index in [-0.39, 0.29) is 6.04 Å². The molecule has 0 spiro atoms. The van der Waals surface area contributed by atoms with Gasteiger partial charge in [0.1, 0.15) is 0 Å². The lowest BCUT2D eigenvalue weighted by atomic mass is 9.85. The maximum atomic E-state index is 6.09. The fourth-order valence-electron chi connectivity index (χ4n) is 2.35. The first-order valence-electron chi connectivity index (χ1n) is 5.69. The van der Waals surface area contributed by atoms with E-state index in [2.05, 4.69) is 43.3 Å². The van der Waals surface area contributed by atoms with Gasteiger partial charge in [0, 0.05) is 28.2 Å². The fourth-order valence-corrected chi connectivity index (χ4v) is 3.14. The normalized spacial score (nSPS) is 15.6. The molecule has 0 saturated heterocycles. The largest absolute Gasteiger partial charge is 0.327 e. The van der Waals surface area contributed by atoms with E-state index in [1.807, 2.05) is 6.20 Å². The predicted octanol–water partition coefficient (Wildman–Crippen LogP) is 3.38. The van der Waals surface area contributed by atoms with Crippen molar-refractivity contribution in [2.24, 2.45) is 11.7 Å². The molecule has 0 fully saturated rings. The number of nitrogens with zero attached hydrogens (tertiary/aromatic N) is 1. The Morgan fingerprint density at radius 3 is 2.62 bits per heavy atom. The van der Waals surface area contributed by atoms with Gasteiger partial charge in [-0.25, -0.2) is 0 Å². The molecule has 16 heavy (non-hydrogen) atoms. The first kappa shape index (κ1) is 11.6. The van der Waals surface area contributed by atoms with E-state index in [4.69, 9.17) is 5.73 Å². The van der Waals surface area contributed by atoms with Crippen LogP contribution >= 0.6 is 11.3 Å². The molecule has 2 nitrogen and oxygen atoms in total. The lowest BCUT2D eigenvalue weighted by molar-refractivity contribution is 0.430. The van der Waals surface area contributed by atoms with Gasteiger partial charge in [-0.05, 0) is 30.4 Å². The summed E-state index contributed by atoms with van der Waals surface area (Å²) in [5, 5.41) is 3.39. The smallest absolute Gasteiger partial charge is 0.0539 e. The molecule has 0 aliphatic heterocycles. The van der Waals surface area contributed by atoms with Crippen molar-refractivity contribution in [2.45, 2.75) is 32.7 Å². The minimum Gasteiger partial charge on any atom is -0.327 e. The van der Waals surface area contributed by atoms with Gasteiger partial charge in [-0.2, -0.15) is 0 Å². The molecule has 2 atom stereocenters. The van der Waals surface area contributed by atoms with Gasteiger partial charge in [-0.15, -0.1) is 11.3 Å². The minimum atomic E-state index is 0.137. The van der Waals surface area contributed by atoms with Crippen molar-refractivity contribution in [3.63, 3.8) is 0 Å². The Morgan fingerprint density at radius 2 is 2.00 bits per heavy atom. The summed E-state index contributed by atoms with van der Waals surface area (Å²) in [6, 6.07) is 4.36. The predicted molar refractivity (Wildman–Crippen MR) is 70.8 cm³/mol. The monoisotopic (exact) mass is 234 g/mol. The second-order valence-electron chi connectivity index (χ2n) is 4.66. The number of hydrogen-bond acceptors (Lipinski definition) is 3. The van der Waals surface area contributed by atoms with Crippen LogP contribution in [0.15, 0.2) is 23.7 Å². The molecule has 0 amide bonds. The summed E-state index contributed by atoms with van der Waals surface area (Å²) in [7, 11) is 0. The van der Waals surface area contributed by atoms with Crippen LogP contribution in [0.2, 0.25) is 0 Å². The Morgan fingerprint density at radius 1 is 1.25 bits per heavy atom. The van der Waals surface area contributed by atoms with Crippen molar-refractivity contribution < 1.29 is 0 Å². The third kappa shape index (κ3) is 1.97. The van der Waals surface area contributed by atoms with Gasteiger partial charge in [0.15, 0.2) is 0 Å². The number of fused-ring (bicyclic) bond motifs is 1. The molecule has 0 aliphatic carbocycles. The van der Waals surface area contributed by atoms with Gasteiger partial charge in [0.25, 0.3) is 0 Å². The van der Waals surface area contributed by atoms with E-state index in [1.165, 1.54) is 10.1 Å². The molecular formula is C13H18N2S. The van der Waals surface area contributed by atoms with Gasteiger partial charge in [-0.3, -0.25) is 4.98 Å². The third-order valence-corrected chi connectivity index (χ3v) is 3.89. The Balaban J connectivity index is 2.56. The zero-order chi connectivity index (χ0) is 11.7. The molecule has 0 radical (unpaired) electrons. The van der Waals surface area contributed by atoms with Crippen LogP contribution in [-0.4, -0.2) is 11.0 Å². The van der Waals surface area contributed by atoms with E-state index in [9.17, 15) is 0 Å². The van der Waals surface area contributed by atoms with Crippen LogP contribution in [0.4, 0.5) is 0 Å². The van der Waals surface area contributed by atoms with Crippen LogP contribution < -0.4 is 5.73 Å². The van der Waals surface area contributed by atoms with Crippen molar-refractivity contribution in [3.05, 3.63) is 29.4 Å². The summed E-state index contributed by atoms with van der Waals surface area (Å²) in [6.07, 6.45) is 1.89. The maximum absolute atomic E-state index is 6.09. The number of rotatable bonds is 3. The first-order valence-corrected chi connectivity index (χ1v) is 6.57. The maximum Gasteiger partial charge on any atom is 0.0539 e. The van der Waals surface area contributed by atoms with Crippen molar-refractivity contribution in [1.82, 2.24) is 4.98 Å². The fraction of sp³-hybridized carbons (Fsp3) is 0.462. The summed E-state index contributed by atoms with van der Waals surface area (Å²) in [4.78, 5) is 4.55. The number of hydrogen-bond donors (Lipinski definition) is 1. The van der Waals surface area contributed by atoms with Crippen LogP contribution in [0.3, 0.4) is 0 Å². The summed E-state index contributed by atoms with van der Waals surface area (Å²) < 4.78 is 1.30. The van der Waals surface area contributed by atoms with E-state index < -0.39 is 0 Å². The van der Waals surface area contributed by atoms with Crippen LogP contribution in [0.5, 0.6) is 0 Å². The highest BCUT2D eigenvalue weighted by Crippen LogP contribution is 2.32. The van der Waals surface area contributed by atoms with E-state index in [0.717, 1.165) is 5.69 Å². The summed E-state index contributed by atoms with van der Waals surface area (Å²) >= 11 is 1.76. The molecule has 0 saturated carbocycles. The van der Waals surface area contributed by atoms with Crippen LogP contribution in [-0.2, 0) is 0 Å². The second kappa shape index (κ2) is 4.52. The minimum absolute atomic E-state index is 0.137. The average molecular weight is 234 g/mol. The molecule has 0 bridgehead atoms. The standard InChI is InChI=1S/C13H18N2S/c1-8(2)12(9(3)14)13-10-5-7-16-11(10)4-6-15-13/h4-9,12H,14H2,1-3H3. The molecule has 0 aliphatic rings. The van der Waals surface area contributed by atoms with Crippen molar-refractivity contribution in [1.29, 1.82) is 0 Å². The van der Waals surface area contributed by atoms with Crippen LogP contribution in [0.25, 0.3) is 10.1 Å². The average Bonchev–Trinajstić information content (AvgIpc) is 2.65. The zero-order valence-corrected chi connectivity index (χ0v) is 10.8. The van der Waals surface area contributed by atoms with Gasteiger partial charge in [0.05, 0.1) is 5.69 Å². The topological polar surface area (TPSA) is 38.9 Å². The molecular weight excluding hydrogens is 216 g/mol. The SMILES string of the molecule is CC(C)C(c1nccc2sccc12)C(C)N. The van der Waals surface area contributed by atoms with Crippen molar-refractivity contribution >= 4 is 21.4 Å². The summed E-state index contributed by atoms with van der Waals surface area (Å²) in [5.41, 5.74) is 7.25. The number of aromatic nitrogens is 1. The van der Waals surface area contributed by atoms with E-state index in [1.54, 1.807) is 11.3 Å². The highest BCUT2D eigenvalue weighted by Gasteiger charge is 2.23. The molecule has 2 aromatic rings. The molecule has 2 unspecified atom stereocenters. The van der Waals surface area contributed by atoms with E-state index in [0.29, 0.717) is 11.8 Å². The van der Waals surface area contributed by atoms with Crippen molar-refractivity contribution in [3.8, 4) is 0 Å². The number of thiophene rings is 1. The highest BCUT2D eigenvalue weighted by atomic mass is 32.1. The highest BCUT2D eigenvalue weighted by molar-refractivity contribution is 7.17. The van der Waals surface area contributed by atoms with Crippen LogP contribution in [0.1, 0.15) is 32.4 Å². The quantitative estimate of drug-likeness (QED) is 0.884. The lowest BCUT2D eigenvalue weighted by Gasteiger charge is -2.24. The van der Waals surface area contributed by atoms with Gasteiger partial charge >= 0.3 is 0 Å². The molecule has 86 valence electrons. The summed E-state index contributed by atoms with van der Waals surface area (Å²) in [6.45, 7) is 6.49. The zero-order valence-electron chi connectivity index (χ0n) is 9.97. The molecule has 2 heterocycles. The van der Waals surface area contributed by atoms with E-state index >= 15 is 0 Å². The Labute approximate surface area is 101 Å². The van der Waals surface area contributed by atoms with Gasteiger partial charge in [-0.1, -0.05) is 13.8 Å². The van der Waals surface area contributed by atoms with Gasteiger partial charge < -0.3 is 5.73 Å². The molecule has 2 aromatic heterocycles. The molecule has 2 N–H and O–H groups in total. The Bertz CT molecular complexity index is 465. The lowest BCUT2D eigenvalue weighted by Crippen LogP contribution is -2.29. The molecule has 2 rings (SSSR count). The molecule has 0 aromatic carbocycles. The number of nitrogens with two attached hydrogens (primary N) is 1. The second-order valence-corrected chi connectivity index (χ2v) is 5.61. The van der Waals surface area contributed by atoms with Crippen LogP contribution in [0, 0.1) is 5.92 Å².